The molecule has 30 heavy (non-hydrogen) atoms. The van der Waals surface area contributed by atoms with Crippen molar-refractivity contribution in [3.8, 4) is 22.6 Å². The van der Waals surface area contributed by atoms with E-state index in [0.29, 0.717) is 27.8 Å². The third kappa shape index (κ3) is 3.82. The van der Waals surface area contributed by atoms with E-state index in [-0.39, 0.29) is 12.0 Å². The predicted octanol–water partition coefficient (Wildman–Crippen LogP) is 3.98. The zero-order valence-electron chi connectivity index (χ0n) is 16.6. The largest absolute Gasteiger partial charge is 0.479 e. The van der Waals surface area contributed by atoms with Gasteiger partial charge in [0.2, 0.25) is 5.43 Å². The van der Waals surface area contributed by atoms with Crippen molar-refractivity contribution in [3.05, 3.63) is 77.4 Å². The van der Waals surface area contributed by atoms with E-state index in [0.717, 1.165) is 5.69 Å². The maximum atomic E-state index is 13.0. The Balaban J connectivity index is 1.63. The van der Waals surface area contributed by atoms with Gasteiger partial charge in [0.25, 0.3) is 0 Å². The molecule has 0 bridgehead atoms. The van der Waals surface area contributed by atoms with Crippen LogP contribution in [-0.4, -0.2) is 28.5 Å². The molecule has 4 rings (SSSR count). The Bertz CT molecular complexity index is 1240. The third-order valence-corrected chi connectivity index (χ3v) is 4.59. The van der Waals surface area contributed by atoms with E-state index in [9.17, 15) is 9.59 Å². The van der Waals surface area contributed by atoms with Crippen molar-refractivity contribution in [2.45, 2.75) is 20.0 Å². The number of aromatic nitrogens is 2. The summed E-state index contributed by atoms with van der Waals surface area (Å²) in [6, 6.07) is 14.5. The minimum Gasteiger partial charge on any atom is -0.479 e. The summed E-state index contributed by atoms with van der Waals surface area (Å²) < 4.78 is 17.9. The van der Waals surface area contributed by atoms with Gasteiger partial charge in [-0.2, -0.15) is 5.10 Å². The molecule has 7 heteroatoms. The lowest BCUT2D eigenvalue weighted by Gasteiger charge is -2.13. The van der Waals surface area contributed by atoms with Gasteiger partial charge in [0.1, 0.15) is 17.6 Å². The van der Waals surface area contributed by atoms with Gasteiger partial charge in [0.05, 0.1) is 29.4 Å². The molecule has 0 radical (unpaired) electrons. The fraction of sp³-hybridized carbons (Fsp3) is 0.174. The van der Waals surface area contributed by atoms with Crippen LogP contribution in [0.25, 0.3) is 27.8 Å². The Labute approximate surface area is 172 Å². The molecule has 0 aliphatic heterocycles. The highest BCUT2D eigenvalue weighted by Gasteiger charge is 2.17. The van der Waals surface area contributed by atoms with Crippen molar-refractivity contribution in [3.63, 3.8) is 0 Å². The highest BCUT2D eigenvalue weighted by molar-refractivity contribution is 5.82. The number of para-hydroxylation sites is 1. The highest BCUT2D eigenvalue weighted by Crippen LogP contribution is 2.24. The van der Waals surface area contributed by atoms with E-state index in [2.05, 4.69) is 5.10 Å². The predicted molar refractivity (Wildman–Crippen MR) is 112 cm³/mol. The van der Waals surface area contributed by atoms with E-state index >= 15 is 0 Å². The van der Waals surface area contributed by atoms with Gasteiger partial charge < -0.3 is 13.9 Å². The van der Waals surface area contributed by atoms with Gasteiger partial charge in [-0.25, -0.2) is 9.48 Å². The minimum absolute atomic E-state index is 0.172. The van der Waals surface area contributed by atoms with Crippen LogP contribution in [0.4, 0.5) is 0 Å². The molecule has 1 atom stereocenters. The van der Waals surface area contributed by atoms with Crippen molar-refractivity contribution in [1.29, 1.82) is 0 Å². The number of esters is 1. The SMILES string of the molecule is CCOC(=O)C(C)Oc1ccc2c(=O)c(-c3cnn(-c4ccccc4)c3)coc2c1. The number of hydrogen-bond donors (Lipinski definition) is 0. The second-order valence-electron chi connectivity index (χ2n) is 6.66. The molecule has 0 N–H and O–H groups in total. The van der Waals surface area contributed by atoms with E-state index in [1.165, 1.54) is 6.26 Å². The molecule has 1 unspecified atom stereocenters. The number of fused-ring (bicyclic) bond motifs is 1. The topological polar surface area (TPSA) is 83.6 Å². The first-order valence-corrected chi connectivity index (χ1v) is 9.56. The lowest BCUT2D eigenvalue weighted by Crippen LogP contribution is -2.26. The van der Waals surface area contributed by atoms with Crippen molar-refractivity contribution >= 4 is 16.9 Å². The van der Waals surface area contributed by atoms with Gasteiger partial charge in [0, 0.05) is 17.8 Å². The molecule has 0 spiro atoms. The standard InChI is InChI=1S/C23H20N2O5/c1-3-28-23(27)15(2)30-18-9-10-19-21(11-18)29-14-20(22(19)26)16-12-24-25(13-16)17-7-5-4-6-8-17/h4-15H,3H2,1-2H3. The minimum atomic E-state index is -0.766. The van der Waals surface area contributed by atoms with Crippen LogP contribution in [0, 0.1) is 0 Å². The molecule has 0 fully saturated rings. The summed E-state index contributed by atoms with van der Waals surface area (Å²) in [5.41, 5.74) is 2.16. The van der Waals surface area contributed by atoms with Crippen molar-refractivity contribution in [1.82, 2.24) is 9.78 Å². The first-order valence-electron chi connectivity index (χ1n) is 9.56. The molecule has 7 nitrogen and oxygen atoms in total. The zero-order chi connectivity index (χ0) is 21.1. The Hall–Kier alpha value is -3.87. The third-order valence-electron chi connectivity index (χ3n) is 4.59. The molecule has 2 aromatic carbocycles. The van der Waals surface area contributed by atoms with Crippen LogP contribution >= 0.6 is 0 Å². The molecule has 2 heterocycles. The second-order valence-corrected chi connectivity index (χ2v) is 6.66. The second kappa shape index (κ2) is 8.24. The lowest BCUT2D eigenvalue weighted by molar-refractivity contribution is -0.150. The summed E-state index contributed by atoms with van der Waals surface area (Å²) in [5.74, 6) is -0.0410. The molecule has 0 saturated carbocycles. The quantitative estimate of drug-likeness (QED) is 0.452. The Morgan fingerprint density at radius 2 is 2.00 bits per heavy atom. The summed E-state index contributed by atoms with van der Waals surface area (Å²) in [4.78, 5) is 24.7. The van der Waals surface area contributed by atoms with E-state index < -0.39 is 12.1 Å². The van der Waals surface area contributed by atoms with Gasteiger partial charge in [-0.3, -0.25) is 4.79 Å². The van der Waals surface area contributed by atoms with Crippen LogP contribution < -0.4 is 10.2 Å². The average molecular weight is 404 g/mol. The van der Waals surface area contributed by atoms with Gasteiger partial charge in [0.15, 0.2) is 6.10 Å². The number of ether oxygens (including phenoxy) is 2. The molecule has 152 valence electrons. The Kier molecular flexibility index (Phi) is 5.34. The fourth-order valence-electron chi connectivity index (χ4n) is 3.08. The summed E-state index contributed by atoms with van der Waals surface area (Å²) in [5, 5.41) is 4.75. The normalized spacial score (nSPS) is 11.9. The van der Waals surface area contributed by atoms with Crippen LogP contribution in [0.3, 0.4) is 0 Å². The molecule has 2 aromatic heterocycles. The van der Waals surface area contributed by atoms with Crippen LogP contribution in [0.1, 0.15) is 13.8 Å². The Morgan fingerprint density at radius 1 is 1.20 bits per heavy atom. The molecule has 0 aliphatic rings. The number of nitrogens with zero attached hydrogens (tertiary/aromatic N) is 2. The fourth-order valence-corrected chi connectivity index (χ4v) is 3.08. The molecule has 4 aromatic rings. The van der Waals surface area contributed by atoms with Crippen molar-refractivity contribution in [2.75, 3.05) is 6.61 Å². The van der Waals surface area contributed by atoms with Crippen LogP contribution in [0.5, 0.6) is 5.75 Å². The lowest BCUT2D eigenvalue weighted by atomic mass is 10.1. The molecule has 0 aliphatic carbocycles. The summed E-state index contributed by atoms with van der Waals surface area (Å²) >= 11 is 0. The molecule has 0 saturated heterocycles. The zero-order valence-corrected chi connectivity index (χ0v) is 16.6. The van der Waals surface area contributed by atoms with Gasteiger partial charge >= 0.3 is 5.97 Å². The number of carbonyl (C=O) groups is 1. The van der Waals surface area contributed by atoms with Gasteiger partial charge in [-0.1, -0.05) is 18.2 Å². The molecular formula is C23H20N2O5. The maximum absolute atomic E-state index is 13.0. The maximum Gasteiger partial charge on any atom is 0.347 e. The number of hydrogen-bond acceptors (Lipinski definition) is 6. The smallest absolute Gasteiger partial charge is 0.347 e. The van der Waals surface area contributed by atoms with Gasteiger partial charge in [-0.05, 0) is 38.1 Å². The average Bonchev–Trinajstić information content (AvgIpc) is 3.25. The highest BCUT2D eigenvalue weighted by atomic mass is 16.6. The van der Waals surface area contributed by atoms with Crippen LogP contribution in [0.15, 0.2) is 76.4 Å². The molecule has 0 amide bonds. The monoisotopic (exact) mass is 404 g/mol. The summed E-state index contributed by atoms with van der Waals surface area (Å²) in [7, 11) is 0. The number of rotatable bonds is 6. The van der Waals surface area contributed by atoms with Crippen LogP contribution in [0.2, 0.25) is 0 Å². The summed E-state index contributed by atoms with van der Waals surface area (Å²) in [6.45, 7) is 3.62. The number of benzene rings is 2. The van der Waals surface area contributed by atoms with E-state index in [4.69, 9.17) is 13.9 Å². The van der Waals surface area contributed by atoms with Gasteiger partial charge in [-0.15, -0.1) is 0 Å². The number of carbonyl (C=O) groups excluding carboxylic acids is 1. The van der Waals surface area contributed by atoms with Crippen molar-refractivity contribution in [2.24, 2.45) is 0 Å². The first kappa shape index (κ1) is 19.4. The molecular weight excluding hydrogens is 384 g/mol. The first-order chi connectivity index (χ1) is 14.6. The van der Waals surface area contributed by atoms with E-state index in [1.807, 2.05) is 30.3 Å². The van der Waals surface area contributed by atoms with Crippen LogP contribution in [-0.2, 0) is 9.53 Å². The van der Waals surface area contributed by atoms with E-state index in [1.54, 1.807) is 49.1 Å². The summed E-state index contributed by atoms with van der Waals surface area (Å²) in [6.07, 6.45) is 4.06. The Morgan fingerprint density at radius 3 is 2.77 bits per heavy atom. The van der Waals surface area contributed by atoms with Crippen molar-refractivity contribution < 1.29 is 18.7 Å².